The van der Waals surface area contributed by atoms with Gasteiger partial charge in [0, 0.05) is 24.9 Å². The van der Waals surface area contributed by atoms with E-state index in [0.717, 1.165) is 25.3 Å². The van der Waals surface area contributed by atoms with Crippen LogP contribution in [0.5, 0.6) is 0 Å². The van der Waals surface area contributed by atoms with E-state index in [-0.39, 0.29) is 11.7 Å². The predicted molar refractivity (Wildman–Crippen MR) is 117 cm³/mol. The Morgan fingerprint density at radius 3 is 2.74 bits per heavy atom. The predicted octanol–water partition coefficient (Wildman–Crippen LogP) is 3.43. The van der Waals surface area contributed by atoms with Crippen molar-refractivity contribution in [1.29, 1.82) is 0 Å². The number of nitrogens with two attached hydrogens (primary N) is 1. The second-order valence-corrected chi connectivity index (χ2v) is 7.99. The third-order valence-electron chi connectivity index (χ3n) is 5.73. The molecule has 7 nitrogen and oxygen atoms in total. The van der Waals surface area contributed by atoms with Gasteiger partial charge >= 0.3 is 0 Å². The molecule has 0 aromatic heterocycles. The van der Waals surface area contributed by atoms with Gasteiger partial charge < -0.3 is 21.1 Å². The third-order valence-corrected chi connectivity index (χ3v) is 5.73. The lowest BCUT2D eigenvalue weighted by Crippen LogP contribution is -2.45. The fourth-order valence-corrected chi connectivity index (χ4v) is 4.18. The lowest BCUT2D eigenvalue weighted by Gasteiger charge is -2.28. The lowest BCUT2D eigenvalue weighted by molar-refractivity contribution is 0.184. The monoisotopic (exact) mass is 430 g/mol. The van der Waals surface area contributed by atoms with Gasteiger partial charge in [-0.3, -0.25) is 4.90 Å². The number of anilines is 1. The molecule has 2 aliphatic heterocycles. The van der Waals surface area contributed by atoms with Crippen molar-refractivity contribution in [3.8, 4) is 0 Å². The Kier molecular flexibility index (Phi) is 6.50. The van der Waals surface area contributed by atoms with Crippen molar-refractivity contribution < 1.29 is 13.5 Å². The van der Waals surface area contributed by atoms with Gasteiger partial charge in [-0.25, -0.2) is 18.8 Å². The van der Waals surface area contributed by atoms with Crippen molar-refractivity contribution in [2.75, 3.05) is 18.5 Å². The van der Waals surface area contributed by atoms with E-state index in [2.05, 4.69) is 22.2 Å². The van der Waals surface area contributed by atoms with Crippen LogP contribution in [0.1, 0.15) is 38.5 Å². The van der Waals surface area contributed by atoms with Crippen LogP contribution in [-0.2, 0) is 4.74 Å². The molecule has 31 heavy (non-hydrogen) atoms. The Bertz CT molecular complexity index is 917. The maximum atomic E-state index is 14.3. The minimum Gasteiger partial charge on any atom is -0.403 e. The van der Waals surface area contributed by atoms with Gasteiger partial charge in [-0.05, 0) is 31.4 Å². The molecule has 1 saturated heterocycles. The van der Waals surface area contributed by atoms with Gasteiger partial charge in [0.15, 0.2) is 5.84 Å². The summed E-state index contributed by atoms with van der Waals surface area (Å²) in [5.41, 5.74) is 6.40. The number of amidine groups is 1. The molecule has 2 fully saturated rings. The number of guanidine groups is 1. The lowest BCUT2D eigenvalue weighted by atomic mass is 9.96. The van der Waals surface area contributed by atoms with Crippen LogP contribution in [0.3, 0.4) is 0 Å². The van der Waals surface area contributed by atoms with E-state index in [1.54, 1.807) is 0 Å². The highest BCUT2D eigenvalue weighted by Gasteiger charge is 2.36. The van der Waals surface area contributed by atoms with Crippen LogP contribution in [0, 0.1) is 11.6 Å². The van der Waals surface area contributed by atoms with Gasteiger partial charge in [0.2, 0.25) is 5.96 Å². The number of nitrogens with zero attached hydrogens (tertiary/aromatic N) is 3. The molecular weight excluding hydrogens is 402 g/mol. The summed E-state index contributed by atoms with van der Waals surface area (Å²) >= 11 is 0. The molecule has 1 aromatic rings. The van der Waals surface area contributed by atoms with E-state index >= 15 is 0 Å². The van der Waals surface area contributed by atoms with Gasteiger partial charge in [-0.2, -0.15) is 0 Å². The minimum absolute atomic E-state index is 0.0477. The average molecular weight is 431 g/mol. The number of ether oxygens (including phenoxy) is 1. The highest BCUT2D eigenvalue weighted by Crippen LogP contribution is 2.26. The second-order valence-electron chi connectivity index (χ2n) is 7.99. The Hall–Kier alpha value is -2.94. The SMILES string of the molecule is C=C(/N=C1\C(=C/N)N=C(Nc2ccc(F)cc2F)N1[C@H]1CCOC1)NC1CCCCC1. The number of aliphatic imine (C=N–C) groups is 2. The zero-order chi connectivity index (χ0) is 21.8. The smallest absolute Gasteiger partial charge is 0.210 e. The van der Waals surface area contributed by atoms with E-state index < -0.39 is 11.6 Å². The molecule has 1 saturated carbocycles. The highest BCUT2D eigenvalue weighted by molar-refractivity contribution is 6.18. The zero-order valence-corrected chi connectivity index (χ0v) is 17.4. The molecular formula is C22H28F2N6O. The number of rotatable bonds is 5. The number of benzene rings is 1. The summed E-state index contributed by atoms with van der Waals surface area (Å²) in [4.78, 5) is 11.1. The number of hydrogen-bond donors (Lipinski definition) is 3. The Balaban J connectivity index is 1.60. The van der Waals surface area contributed by atoms with E-state index in [4.69, 9.17) is 15.5 Å². The van der Waals surface area contributed by atoms with Crippen LogP contribution < -0.4 is 16.4 Å². The molecule has 0 spiro atoms. The topological polar surface area (TPSA) is 87.3 Å². The molecule has 0 amide bonds. The second kappa shape index (κ2) is 9.47. The number of halogens is 2. The van der Waals surface area contributed by atoms with Crippen LogP contribution in [-0.4, -0.2) is 42.0 Å². The molecule has 1 aliphatic carbocycles. The molecule has 4 N–H and O–H groups in total. The van der Waals surface area contributed by atoms with Crippen LogP contribution in [0.2, 0.25) is 0 Å². The number of hydrogen-bond acceptors (Lipinski definition) is 6. The summed E-state index contributed by atoms with van der Waals surface area (Å²) in [5.74, 6) is 0.0672. The molecule has 0 bridgehead atoms. The van der Waals surface area contributed by atoms with Crippen LogP contribution >= 0.6 is 0 Å². The summed E-state index contributed by atoms with van der Waals surface area (Å²) in [6.45, 7) is 5.16. The molecule has 0 radical (unpaired) electrons. The summed E-state index contributed by atoms with van der Waals surface area (Å²) < 4.78 is 33.1. The Morgan fingerprint density at radius 2 is 2.06 bits per heavy atom. The first-order valence-corrected chi connectivity index (χ1v) is 10.7. The molecule has 1 atom stereocenters. The molecule has 9 heteroatoms. The maximum absolute atomic E-state index is 14.3. The van der Waals surface area contributed by atoms with Gasteiger partial charge in [0.25, 0.3) is 0 Å². The summed E-state index contributed by atoms with van der Waals surface area (Å²) in [6.07, 6.45) is 7.96. The van der Waals surface area contributed by atoms with Crippen LogP contribution in [0.4, 0.5) is 14.5 Å². The van der Waals surface area contributed by atoms with E-state index in [1.165, 1.54) is 37.6 Å². The molecule has 166 valence electrons. The quantitative estimate of drug-likeness (QED) is 0.666. The Labute approximate surface area is 180 Å². The van der Waals surface area contributed by atoms with Crippen LogP contribution in [0.15, 0.2) is 52.5 Å². The van der Waals surface area contributed by atoms with Gasteiger partial charge in [0.1, 0.15) is 23.2 Å². The fraction of sp³-hybridized carbons (Fsp3) is 0.455. The highest BCUT2D eigenvalue weighted by atomic mass is 19.1. The zero-order valence-electron chi connectivity index (χ0n) is 17.4. The summed E-state index contributed by atoms with van der Waals surface area (Å²) in [5, 5.41) is 6.36. The molecule has 4 rings (SSSR count). The standard InChI is InChI=1S/C22H28F2N6O/c1-14(26-16-5-3-2-4-6-16)27-21-20(12-25)29-22(30(21)17-9-10-31-13-17)28-19-8-7-15(23)11-18(19)24/h7-8,11-12,16-17,26H,1-6,9-10,13,25H2,(H,28,29)/b20-12+,27-21+/t17-/m0/s1. The van der Waals surface area contributed by atoms with Crippen LogP contribution in [0.25, 0.3) is 0 Å². The normalized spacial score (nSPS) is 24.6. The largest absolute Gasteiger partial charge is 0.403 e. The van der Waals surface area contributed by atoms with E-state index in [1.807, 2.05) is 4.90 Å². The van der Waals surface area contributed by atoms with Crippen molar-refractivity contribution in [3.63, 3.8) is 0 Å². The van der Waals surface area contributed by atoms with Crippen molar-refractivity contribution >= 4 is 17.5 Å². The summed E-state index contributed by atoms with van der Waals surface area (Å²) in [7, 11) is 0. The summed E-state index contributed by atoms with van der Waals surface area (Å²) in [6, 6.07) is 3.65. The van der Waals surface area contributed by atoms with Crippen molar-refractivity contribution in [1.82, 2.24) is 10.2 Å². The first kappa shape index (κ1) is 21.3. The molecule has 2 heterocycles. The number of nitrogens with one attached hydrogen (secondary N) is 2. The molecule has 3 aliphatic rings. The van der Waals surface area contributed by atoms with Gasteiger partial charge in [-0.15, -0.1) is 0 Å². The third kappa shape index (κ3) is 4.87. The Morgan fingerprint density at radius 1 is 1.26 bits per heavy atom. The molecule has 0 unspecified atom stereocenters. The maximum Gasteiger partial charge on any atom is 0.210 e. The minimum atomic E-state index is -0.711. The van der Waals surface area contributed by atoms with E-state index in [0.29, 0.717) is 42.6 Å². The average Bonchev–Trinajstić information content (AvgIpc) is 3.38. The van der Waals surface area contributed by atoms with Gasteiger partial charge in [0.05, 0.1) is 18.3 Å². The van der Waals surface area contributed by atoms with E-state index in [9.17, 15) is 8.78 Å². The molecule has 1 aromatic carbocycles. The van der Waals surface area contributed by atoms with Crippen molar-refractivity contribution in [2.45, 2.75) is 50.6 Å². The first-order chi connectivity index (χ1) is 15.0. The fourth-order valence-electron chi connectivity index (χ4n) is 4.18. The van der Waals surface area contributed by atoms with Crippen molar-refractivity contribution in [2.24, 2.45) is 15.7 Å². The van der Waals surface area contributed by atoms with Gasteiger partial charge in [-0.1, -0.05) is 25.8 Å². The van der Waals surface area contributed by atoms with Crippen molar-refractivity contribution in [3.05, 3.63) is 54.1 Å². The first-order valence-electron chi connectivity index (χ1n) is 10.7.